The van der Waals surface area contributed by atoms with E-state index in [9.17, 15) is 9.59 Å². The summed E-state index contributed by atoms with van der Waals surface area (Å²) in [6.45, 7) is 0.248. The number of amides is 1. The summed E-state index contributed by atoms with van der Waals surface area (Å²) in [4.78, 5) is 24.5. The molecule has 0 aliphatic heterocycles. The number of hydrogen-bond acceptors (Lipinski definition) is 2. The van der Waals surface area contributed by atoms with E-state index in [1.807, 2.05) is 24.3 Å². The lowest BCUT2D eigenvalue weighted by molar-refractivity contribution is -0.139. The van der Waals surface area contributed by atoms with E-state index in [0.29, 0.717) is 11.4 Å². The van der Waals surface area contributed by atoms with Crippen LogP contribution in [0.4, 0.5) is 0 Å². The minimum absolute atomic E-state index is 0.0234. The van der Waals surface area contributed by atoms with Gasteiger partial charge in [-0.2, -0.15) is 0 Å². The predicted octanol–water partition coefficient (Wildman–Crippen LogP) is 2.60. The zero-order valence-corrected chi connectivity index (χ0v) is 12.2. The molecule has 5 heteroatoms. The van der Waals surface area contributed by atoms with Gasteiger partial charge < -0.3 is 10.0 Å². The van der Waals surface area contributed by atoms with Gasteiger partial charge in [0.05, 0.1) is 11.8 Å². The van der Waals surface area contributed by atoms with Gasteiger partial charge in [-0.25, -0.2) is 0 Å². The maximum absolute atomic E-state index is 12.4. The van der Waals surface area contributed by atoms with E-state index in [-0.39, 0.29) is 24.3 Å². The van der Waals surface area contributed by atoms with Crippen molar-refractivity contribution in [2.24, 2.45) is 5.41 Å². The van der Waals surface area contributed by atoms with Crippen LogP contribution >= 0.6 is 11.6 Å². The molecule has 0 saturated heterocycles. The Morgan fingerprint density at radius 2 is 2.00 bits per heavy atom. The van der Waals surface area contributed by atoms with Crippen molar-refractivity contribution in [2.75, 3.05) is 13.6 Å². The monoisotopic (exact) mass is 295 g/mol. The van der Waals surface area contributed by atoms with Crippen molar-refractivity contribution < 1.29 is 14.7 Å². The van der Waals surface area contributed by atoms with Gasteiger partial charge in [0, 0.05) is 18.6 Å². The first kappa shape index (κ1) is 14.9. The van der Waals surface area contributed by atoms with E-state index in [1.54, 1.807) is 7.05 Å². The molecule has 1 aromatic rings. The quantitative estimate of drug-likeness (QED) is 0.877. The summed E-state index contributed by atoms with van der Waals surface area (Å²) in [5, 5.41) is 9.36. The number of benzene rings is 1. The van der Waals surface area contributed by atoms with Crippen LogP contribution in [-0.4, -0.2) is 35.5 Å². The van der Waals surface area contributed by atoms with Crippen LogP contribution in [0.2, 0.25) is 5.02 Å². The van der Waals surface area contributed by atoms with E-state index in [2.05, 4.69) is 0 Å². The van der Waals surface area contributed by atoms with Gasteiger partial charge in [0.25, 0.3) is 0 Å². The largest absolute Gasteiger partial charge is 0.481 e. The number of nitrogens with zero attached hydrogens (tertiary/aromatic N) is 1. The first-order chi connectivity index (χ1) is 9.44. The molecule has 20 heavy (non-hydrogen) atoms. The second kappa shape index (κ2) is 5.83. The van der Waals surface area contributed by atoms with Crippen molar-refractivity contribution in [3.63, 3.8) is 0 Å². The number of halogens is 1. The van der Waals surface area contributed by atoms with E-state index in [1.165, 1.54) is 4.90 Å². The number of carboxylic acids is 1. The average molecular weight is 296 g/mol. The summed E-state index contributed by atoms with van der Waals surface area (Å²) in [5.74, 6) is -0.862. The summed E-state index contributed by atoms with van der Waals surface area (Å²) in [5.41, 5.74) is 0.602. The van der Waals surface area contributed by atoms with Crippen molar-refractivity contribution in [3.8, 4) is 0 Å². The third kappa shape index (κ3) is 3.31. The maximum Gasteiger partial charge on any atom is 0.305 e. The number of carbonyl (C=O) groups is 2. The van der Waals surface area contributed by atoms with Crippen LogP contribution in [0.25, 0.3) is 0 Å². The fourth-order valence-electron chi connectivity index (χ4n) is 2.39. The maximum atomic E-state index is 12.4. The first-order valence-corrected chi connectivity index (χ1v) is 7.03. The van der Waals surface area contributed by atoms with Gasteiger partial charge in [-0.05, 0) is 30.9 Å². The Labute approximate surface area is 123 Å². The smallest absolute Gasteiger partial charge is 0.305 e. The zero-order valence-electron chi connectivity index (χ0n) is 11.4. The highest BCUT2D eigenvalue weighted by atomic mass is 35.5. The highest BCUT2D eigenvalue weighted by Gasteiger charge is 2.51. The molecule has 1 aliphatic rings. The Hall–Kier alpha value is -1.55. The van der Waals surface area contributed by atoms with Gasteiger partial charge in [-0.3, -0.25) is 9.59 Å². The van der Waals surface area contributed by atoms with Crippen LogP contribution in [-0.2, 0) is 16.0 Å². The summed E-state index contributed by atoms with van der Waals surface area (Å²) in [6.07, 6.45) is 2.29. The third-order valence-electron chi connectivity index (χ3n) is 3.80. The highest BCUT2D eigenvalue weighted by Crippen LogP contribution is 2.50. The molecule has 0 unspecified atom stereocenters. The van der Waals surface area contributed by atoms with Crippen LogP contribution in [0.3, 0.4) is 0 Å². The molecule has 0 radical (unpaired) electrons. The van der Waals surface area contributed by atoms with Gasteiger partial charge >= 0.3 is 5.97 Å². The average Bonchev–Trinajstić information content (AvgIpc) is 3.19. The Kier molecular flexibility index (Phi) is 4.33. The lowest BCUT2D eigenvalue weighted by Crippen LogP contribution is -2.36. The fraction of sp³-hybridized carbons (Fsp3) is 0.467. The molecule has 0 aromatic heterocycles. The van der Waals surface area contributed by atoms with E-state index in [4.69, 9.17) is 16.7 Å². The fourth-order valence-corrected chi connectivity index (χ4v) is 2.60. The number of carbonyl (C=O) groups excluding carboxylic acids is 1. The molecule has 1 aromatic carbocycles. The molecule has 0 bridgehead atoms. The molecule has 1 N–H and O–H groups in total. The molecule has 1 fully saturated rings. The van der Waals surface area contributed by atoms with Crippen LogP contribution in [0, 0.1) is 5.41 Å². The van der Waals surface area contributed by atoms with E-state index < -0.39 is 5.97 Å². The number of aliphatic carboxylic acids is 1. The van der Waals surface area contributed by atoms with E-state index in [0.717, 1.165) is 18.4 Å². The molecule has 4 nitrogen and oxygen atoms in total. The predicted molar refractivity (Wildman–Crippen MR) is 76.7 cm³/mol. The van der Waals surface area contributed by atoms with Crippen LogP contribution < -0.4 is 0 Å². The molecule has 2 rings (SSSR count). The summed E-state index contributed by atoms with van der Waals surface area (Å²) in [7, 11) is 1.66. The Morgan fingerprint density at radius 3 is 2.55 bits per heavy atom. The normalized spacial score (nSPS) is 15.7. The number of rotatable bonds is 6. The number of carboxylic acid groups (broad SMARTS) is 1. The van der Waals surface area contributed by atoms with Crippen LogP contribution in [0.15, 0.2) is 24.3 Å². The molecular weight excluding hydrogens is 278 g/mol. The number of hydrogen-bond donors (Lipinski definition) is 1. The standard InChI is InChI=1S/C15H18ClNO3/c1-17(9-6-13(18)19)14(20)15(7-8-15)10-11-4-2-3-5-12(11)16/h2-5H,6-10H2,1H3,(H,18,19). The van der Waals surface area contributed by atoms with Crippen molar-refractivity contribution >= 4 is 23.5 Å². The van der Waals surface area contributed by atoms with Crippen molar-refractivity contribution in [3.05, 3.63) is 34.9 Å². The molecule has 0 atom stereocenters. The summed E-state index contributed by atoms with van der Waals surface area (Å²) in [6, 6.07) is 7.54. The molecule has 1 saturated carbocycles. The van der Waals surface area contributed by atoms with Crippen LogP contribution in [0.1, 0.15) is 24.8 Å². The minimum Gasteiger partial charge on any atom is -0.481 e. The van der Waals surface area contributed by atoms with Gasteiger partial charge in [0.15, 0.2) is 0 Å². The summed E-state index contributed by atoms with van der Waals surface area (Å²) < 4.78 is 0. The van der Waals surface area contributed by atoms with Gasteiger partial charge in [-0.1, -0.05) is 29.8 Å². The Balaban J connectivity index is 2.02. The summed E-state index contributed by atoms with van der Waals surface area (Å²) >= 11 is 6.14. The molecule has 0 spiro atoms. The molecule has 108 valence electrons. The lowest BCUT2D eigenvalue weighted by atomic mass is 9.95. The van der Waals surface area contributed by atoms with E-state index >= 15 is 0 Å². The van der Waals surface area contributed by atoms with Crippen LogP contribution in [0.5, 0.6) is 0 Å². The molecular formula is C15H18ClNO3. The first-order valence-electron chi connectivity index (χ1n) is 6.65. The van der Waals surface area contributed by atoms with Crippen molar-refractivity contribution in [1.29, 1.82) is 0 Å². The minimum atomic E-state index is -0.888. The molecule has 0 heterocycles. The lowest BCUT2D eigenvalue weighted by Gasteiger charge is -2.23. The Morgan fingerprint density at radius 1 is 1.35 bits per heavy atom. The second-order valence-electron chi connectivity index (χ2n) is 5.42. The zero-order chi connectivity index (χ0) is 14.8. The second-order valence-corrected chi connectivity index (χ2v) is 5.83. The molecule has 1 aliphatic carbocycles. The topological polar surface area (TPSA) is 57.6 Å². The molecule has 1 amide bonds. The third-order valence-corrected chi connectivity index (χ3v) is 4.17. The van der Waals surface area contributed by atoms with Crippen molar-refractivity contribution in [1.82, 2.24) is 4.90 Å². The SMILES string of the molecule is CN(CCC(=O)O)C(=O)C1(Cc2ccccc2Cl)CC1. The Bertz CT molecular complexity index is 526. The highest BCUT2D eigenvalue weighted by molar-refractivity contribution is 6.31. The van der Waals surface area contributed by atoms with Gasteiger partial charge in [-0.15, -0.1) is 0 Å². The van der Waals surface area contributed by atoms with Gasteiger partial charge in [0.2, 0.25) is 5.91 Å². The van der Waals surface area contributed by atoms with Gasteiger partial charge in [0.1, 0.15) is 0 Å². The van der Waals surface area contributed by atoms with Crippen molar-refractivity contribution in [2.45, 2.75) is 25.7 Å².